The number of aliphatic hydroxyl groups is 1. The third-order valence-electron chi connectivity index (χ3n) is 2.82. The third kappa shape index (κ3) is 2.61. The highest BCUT2D eigenvalue weighted by atomic mass is 16.3. The lowest BCUT2D eigenvalue weighted by Gasteiger charge is -2.01. The van der Waals surface area contributed by atoms with E-state index in [0.717, 1.165) is 11.3 Å². The number of carbonyl (C=O) groups is 1. The van der Waals surface area contributed by atoms with Gasteiger partial charge >= 0.3 is 0 Å². The average molecular weight is 229 g/mol. The van der Waals surface area contributed by atoms with Crippen molar-refractivity contribution >= 4 is 11.5 Å². The van der Waals surface area contributed by atoms with E-state index < -0.39 is 0 Å². The maximum atomic E-state index is 11.4. The molecule has 1 aliphatic carbocycles. The fraction of sp³-hybridized carbons (Fsp3) is 0.286. The van der Waals surface area contributed by atoms with Crippen LogP contribution in [0.1, 0.15) is 25.3 Å². The molecule has 0 amide bonds. The SMILES string of the molecule is CC(=O)C1=C(O)CCC1=NCc1ccccc1. The molecule has 0 saturated heterocycles. The van der Waals surface area contributed by atoms with Gasteiger partial charge in [0.1, 0.15) is 5.76 Å². The first kappa shape index (κ1) is 11.6. The Kier molecular flexibility index (Phi) is 3.38. The first-order valence-corrected chi connectivity index (χ1v) is 5.69. The molecule has 1 aliphatic rings. The van der Waals surface area contributed by atoms with E-state index in [-0.39, 0.29) is 11.5 Å². The first-order chi connectivity index (χ1) is 8.18. The topological polar surface area (TPSA) is 49.7 Å². The van der Waals surface area contributed by atoms with Gasteiger partial charge in [0.2, 0.25) is 0 Å². The number of aliphatic hydroxyl groups excluding tert-OH is 1. The standard InChI is InChI=1S/C14H15NO2/c1-10(16)14-12(7-8-13(14)17)15-9-11-5-3-2-4-6-11/h2-6,17H,7-9H2,1H3. The monoisotopic (exact) mass is 229 g/mol. The lowest BCUT2D eigenvalue weighted by molar-refractivity contribution is -0.113. The summed E-state index contributed by atoms with van der Waals surface area (Å²) in [4.78, 5) is 15.8. The highest BCUT2D eigenvalue weighted by Crippen LogP contribution is 2.23. The summed E-state index contributed by atoms with van der Waals surface area (Å²) in [5.41, 5.74) is 2.26. The molecule has 0 radical (unpaired) electrons. The van der Waals surface area contributed by atoms with Crippen LogP contribution >= 0.6 is 0 Å². The van der Waals surface area contributed by atoms with Crippen molar-refractivity contribution < 1.29 is 9.90 Å². The summed E-state index contributed by atoms with van der Waals surface area (Å²) >= 11 is 0. The lowest BCUT2D eigenvalue weighted by Crippen LogP contribution is -2.07. The Morgan fingerprint density at radius 2 is 2.00 bits per heavy atom. The maximum Gasteiger partial charge on any atom is 0.164 e. The number of benzene rings is 1. The molecule has 0 bridgehead atoms. The van der Waals surface area contributed by atoms with E-state index in [1.54, 1.807) is 0 Å². The van der Waals surface area contributed by atoms with Crippen molar-refractivity contribution in [3.05, 3.63) is 47.2 Å². The van der Waals surface area contributed by atoms with E-state index in [4.69, 9.17) is 0 Å². The third-order valence-corrected chi connectivity index (χ3v) is 2.82. The van der Waals surface area contributed by atoms with Crippen LogP contribution in [0.3, 0.4) is 0 Å². The molecule has 1 aromatic rings. The number of hydrogen-bond acceptors (Lipinski definition) is 3. The van der Waals surface area contributed by atoms with Gasteiger partial charge in [-0.15, -0.1) is 0 Å². The molecular formula is C14H15NO2. The van der Waals surface area contributed by atoms with Gasteiger partial charge in [-0.2, -0.15) is 0 Å². The van der Waals surface area contributed by atoms with Crippen LogP contribution in [0.4, 0.5) is 0 Å². The van der Waals surface area contributed by atoms with Crippen LogP contribution in [-0.2, 0) is 11.3 Å². The second-order valence-electron chi connectivity index (χ2n) is 4.13. The summed E-state index contributed by atoms with van der Waals surface area (Å²) in [6.07, 6.45) is 1.19. The molecule has 0 aromatic heterocycles. The molecule has 1 aromatic carbocycles. The fourth-order valence-electron chi connectivity index (χ4n) is 1.99. The Morgan fingerprint density at radius 3 is 2.65 bits per heavy atom. The predicted molar refractivity (Wildman–Crippen MR) is 67.2 cm³/mol. The number of ketones is 1. The highest BCUT2D eigenvalue weighted by Gasteiger charge is 2.23. The minimum Gasteiger partial charge on any atom is -0.511 e. The van der Waals surface area contributed by atoms with E-state index in [2.05, 4.69) is 4.99 Å². The van der Waals surface area contributed by atoms with E-state index in [9.17, 15) is 9.90 Å². The Labute approximate surface area is 101 Å². The molecule has 0 heterocycles. The molecular weight excluding hydrogens is 214 g/mol. The Morgan fingerprint density at radius 1 is 1.29 bits per heavy atom. The smallest absolute Gasteiger partial charge is 0.164 e. The molecule has 0 spiro atoms. The van der Waals surface area contributed by atoms with Gasteiger partial charge in [-0.1, -0.05) is 30.3 Å². The molecule has 88 valence electrons. The van der Waals surface area contributed by atoms with Gasteiger partial charge in [0, 0.05) is 12.1 Å². The van der Waals surface area contributed by atoms with Crippen molar-refractivity contribution in [2.75, 3.05) is 0 Å². The van der Waals surface area contributed by atoms with Gasteiger partial charge in [0.25, 0.3) is 0 Å². The molecule has 1 N–H and O–H groups in total. The predicted octanol–water partition coefficient (Wildman–Crippen LogP) is 2.82. The number of nitrogens with zero attached hydrogens (tertiary/aromatic N) is 1. The van der Waals surface area contributed by atoms with Crippen LogP contribution in [0.5, 0.6) is 0 Å². The van der Waals surface area contributed by atoms with Crippen LogP contribution in [0.15, 0.2) is 46.7 Å². The number of Topliss-reactive ketones (excluding diaryl/α,β-unsaturated/α-hetero) is 1. The van der Waals surface area contributed by atoms with Gasteiger partial charge in [0.15, 0.2) is 5.78 Å². The lowest BCUT2D eigenvalue weighted by atomic mass is 10.1. The molecule has 0 fully saturated rings. The minimum absolute atomic E-state index is 0.105. The zero-order valence-electron chi connectivity index (χ0n) is 9.81. The van der Waals surface area contributed by atoms with Gasteiger partial charge in [0.05, 0.1) is 12.1 Å². The van der Waals surface area contributed by atoms with E-state index in [1.807, 2.05) is 30.3 Å². The van der Waals surface area contributed by atoms with Crippen molar-refractivity contribution in [3.8, 4) is 0 Å². The zero-order chi connectivity index (χ0) is 12.3. The van der Waals surface area contributed by atoms with E-state index in [0.29, 0.717) is 25.0 Å². The normalized spacial score (nSPS) is 17.8. The van der Waals surface area contributed by atoms with Crippen LogP contribution in [0.25, 0.3) is 0 Å². The summed E-state index contributed by atoms with van der Waals surface area (Å²) in [6, 6.07) is 9.87. The highest BCUT2D eigenvalue weighted by molar-refractivity contribution is 6.23. The second kappa shape index (κ2) is 4.95. The molecule has 0 aliphatic heterocycles. The zero-order valence-corrected chi connectivity index (χ0v) is 9.81. The largest absolute Gasteiger partial charge is 0.511 e. The molecule has 3 nitrogen and oxygen atoms in total. The van der Waals surface area contributed by atoms with Crippen LogP contribution in [0, 0.1) is 0 Å². The number of aliphatic imine (C=N–C) groups is 1. The summed E-state index contributed by atoms with van der Waals surface area (Å²) in [6.45, 7) is 2.02. The van der Waals surface area contributed by atoms with Gasteiger partial charge < -0.3 is 5.11 Å². The van der Waals surface area contributed by atoms with Crippen molar-refractivity contribution in [1.82, 2.24) is 0 Å². The number of hydrogen-bond donors (Lipinski definition) is 1. The Bertz CT molecular complexity index is 486. The van der Waals surface area contributed by atoms with Crippen molar-refractivity contribution in [3.63, 3.8) is 0 Å². The van der Waals surface area contributed by atoms with Crippen LogP contribution < -0.4 is 0 Å². The summed E-state index contributed by atoms with van der Waals surface area (Å²) in [5, 5.41) is 9.60. The van der Waals surface area contributed by atoms with E-state index in [1.165, 1.54) is 6.92 Å². The quantitative estimate of drug-likeness (QED) is 0.866. The molecule has 0 unspecified atom stereocenters. The molecule has 2 rings (SSSR count). The summed E-state index contributed by atoms with van der Waals surface area (Å²) in [5.74, 6) is 0.0797. The van der Waals surface area contributed by atoms with Crippen LogP contribution in [-0.4, -0.2) is 16.6 Å². The fourth-order valence-corrected chi connectivity index (χ4v) is 1.99. The molecule has 0 saturated carbocycles. The summed E-state index contributed by atoms with van der Waals surface area (Å²) < 4.78 is 0. The summed E-state index contributed by atoms with van der Waals surface area (Å²) in [7, 11) is 0. The molecule has 0 atom stereocenters. The molecule has 17 heavy (non-hydrogen) atoms. The average Bonchev–Trinajstić information content (AvgIpc) is 2.69. The van der Waals surface area contributed by atoms with Gasteiger partial charge in [-0.25, -0.2) is 0 Å². The number of allylic oxidation sites excluding steroid dienone is 2. The Hall–Kier alpha value is -1.90. The Balaban J connectivity index is 2.16. The number of carbonyl (C=O) groups excluding carboxylic acids is 1. The minimum atomic E-state index is -0.105. The van der Waals surface area contributed by atoms with Crippen molar-refractivity contribution in [2.24, 2.45) is 4.99 Å². The second-order valence-corrected chi connectivity index (χ2v) is 4.13. The van der Waals surface area contributed by atoms with E-state index >= 15 is 0 Å². The maximum absolute atomic E-state index is 11.4. The van der Waals surface area contributed by atoms with Gasteiger partial charge in [-0.3, -0.25) is 9.79 Å². The van der Waals surface area contributed by atoms with Crippen LogP contribution in [0.2, 0.25) is 0 Å². The van der Waals surface area contributed by atoms with Gasteiger partial charge in [-0.05, 0) is 18.9 Å². The number of rotatable bonds is 3. The molecule has 3 heteroatoms. The van der Waals surface area contributed by atoms with Crippen molar-refractivity contribution in [2.45, 2.75) is 26.3 Å². The van der Waals surface area contributed by atoms with Crippen molar-refractivity contribution in [1.29, 1.82) is 0 Å². The first-order valence-electron chi connectivity index (χ1n) is 5.69.